The lowest BCUT2D eigenvalue weighted by molar-refractivity contribution is 0.0593. The fourth-order valence-corrected chi connectivity index (χ4v) is 1.32. The van der Waals surface area contributed by atoms with Gasteiger partial charge in [-0.3, -0.25) is 0 Å². The first-order chi connectivity index (χ1) is 6.65. The Morgan fingerprint density at radius 3 is 2.86 bits per heavy atom. The van der Waals surface area contributed by atoms with E-state index in [2.05, 4.69) is 9.72 Å². The third-order valence-corrected chi connectivity index (χ3v) is 2.44. The highest BCUT2D eigenvalue weighted by atomic mass is 16.5. The van der Waals surface area contributed by atoms with Crippen molar-refractivity contribution in [2.75, 3.05) is 7.11 Å². The molecule has 0 bridgehead atoms. The molecule has 1 fully saturated rings. The topological polar surface area (TPSA) is 65.2 Å². The second-order valence-electron chi connectivity index (χ2n) is 3.56. The van der Waals surface area contributed by atoms with Gasteiger partial charge in [0, 0.05) is 0 Å². The second-order valence-corrected chi connectivity index (χ2v) is 3.56. The minimum Gasteiger partial charge on any atom is -0.464 e. The first kappa shape index (κ1) is 9.15. The Morgan fingerprint density at radius 1 is 1.57 bits per heavy atom. The molecular weight excluding hydrogens is 180 g/mol. The Labute approximate surface area is 82.1 Å². The van der Waals surface area contributed by atoms with Crippen LogP contribution in [0.25, 0.3) is 0 Å². The van der Waals surface area contributed by atoms with E-state index in [1.54, 1.807) is 12.1 Å². The fraction of sp³-hybridized carbons (Fsp3) is 0.400. The Balaban J connectivity index is 2.32. The summed E-state index contributed by atoms with van der Waals surface area (Å²) in [4.78, 5) is 15.4. The lowest BCUT2D eigenvalue weighted by Gasteiger charge is -2.08. The number of methoxy groups -OCH3 is 1. The van der Waals surface area contributed by atoms with E-state index in [0.717, 1.165) is 18.5 Å². The van der Waals surface area contributed by atoms with Gasteiger partial charge in [0.25, 0.3) is 0 Å². The predicted octanol–water partition coefficient (Wildman–Crippen LogP) is 0.816. The van der Waals surface area contributed by atoms with Crippen molar-refractivity contribution in [2.45, 2.75) is 18.4 Å². The summed E-state index contributed by atoms with van der Waals surface area (Å²) < 4.78 is 4.58. The van der Waals surface area contributed by atoms with Gasteiger partial charge in [0.15, 0.2) is 0 Å². The standard InChI is InChI=1S/C10H12N2O2/c1-14-9(13)7-3-2-4-8(12-7)10(11)5-6-10/h2-4H,5-6,11H2,1H3. The third-order valence-electron chi connectivity index (χ3n) is 2.44. The molecule has 0 spiro atoms. The zero-order valence-corrected chi connectivity index (χ0v) is 7.99. The zero-order valence-electron chi connectivity index (χ0n) is 7.99. The average Bonchev–Trinajstić information content (AvgIpc) is 2.97. The van der Waals surface area contributed by atoms with Gasteiger partial charge in [0.2, 0.25) is 0 Å². The van der Waals surface area contributed by atoms with Crippen LogP contribution in [0.2, 0.25) is 0 Å². The van der Waals surface area contributed by atoms with E-state index < -0.39 is 5.97 Å². The minimum atomic E-state index is -0.420. The molecule has 2 rings (SSSR count). The summed E-state index contributed by atoms with van der Waals surface area (Å²) >= 11 is 0. The van der Waals surface area contributed by atoms with Gasteiger partial charge in [0.1, 0.15) is 5.69 Å². The summed E-state index contributed by atoms with van der Waals surface area (Å²) in [6.07, 6.45) is 1.87. The quantitative estimate of drug-likeness (QED) is 0.704. The van der Waals surface area contributed by atoms with Gasteiger partial charge >= 0.3 is 5.97 Å². The molecule has 0 aliphatic heterocycles. The summed E-state index contributed by atoms with van der Waals surface area (Å²) in [5.41, 5.74) is 6.76. The number of nitrogens with two attached hydrogens (primary N) is 1. The summed E-state index contributed by atoms with van der Waals surface area (Å²) in [5.74, 6) is -0.420. The normalized spacial score (nSPS) is 17.6. The molecule has 1 aliphatic rings. The van der Waals surface area contributed by atoms with E-state index in [4.69, 9.17) is 5.73 Å². The lowest BCUT2D eigenvalue weighted by atomic mass is 10.1. The molecule has 1 saturated carbocycles. The highest BCUT2D eigenvalue weighted by Gasteiger charge is 2.41. The van der Waals surface area contributed by atoms with Crippen LogP contribution < -0.4 is 5.73 Å². The van der Waals surface area contributed by atoms with Crippen LogP contribution in [-0.4, -0.2) is 18.1 Å². The summed E-state index contributed by atoms with van der Waals surface area (Å²) in [6.45, 7) is 0. The monoisotopic (exact) mass is 192 g/mol. The van der Waals surface area contributed by atoms with Crippen LogP contribution in [0.4, 0.5) is 0 Å². The second kappa shape index (κ2) is 3.06. The SMILES string of the molecule is COC(=O)c1cccc(C2(N)CC2)n1. The molecule has 0 radical (unpaired) electrons. The number of aromatic nitrogens is 1. The fourth-order valence-electron chi connectivity index (χ4n) is 1.32. The van der Waals surface area contributed by atoms with Crippen LogP contribution in [0.3, 0.4) is 0 Å². The first-order valence-electron chi connectivity index (χ1n) is 4.50. The number of hydrogen-bond donors (Lipinski definition) is 1. The van der Waals surface area contributed by atoms with Crippen LogP contribution in [0, 0.1) is 0 Å². The lowest BCUT2D eigenvalue weighted by Crippen LogP contribution is -2.21. The molecule has 14 heavy (non-hydrogen) atoms. The van der Waals surface area contributed by atoms with Crippen LogP contribution in [-0.2, 0) is 10.3 Å². The van der Waals surface area contributed by atoms with Crippen LogP contribution >= 0.6 is 0 Å². The number of ether oxygens (including phenoxy) is 1. The Kier molecular flexibility index (Phi) is 2.00. The van der Waals surface area contributed by atoms with Crippen molar-refractivity contribution in [1.29, 1.82) is 0 Å². The molecule has 2 N–H and O–H groups in total. The van der Waals surface area contributed by atoms with Gasteiger partial charge in [-0.25, -0.2) is 9.78 Å². The van der Waals surface area contributed by atoms with Crippen molar-refractivity contribution in [2.24, 2.45) is 5.73 Å². The van der Waals surface area contributed by atoms with Gasteiger partial charge < -0.3 is 10.5 Å². The molecule has 4 nitrogen and oxygen atoms in total. The molecule has 1 aromatic heterocycles. The molecular formula is C10H12N2O2. The van der Waals surface area contributed by atoms with Crippen molar-refractivity contribution < 1.29 is 9.53 Å². The smallest absolute Gasteiger partial charge is 0.356 e. The minimum absolute atomic E-state index is 0.302. The van der Waals surface area contributed by atoms with Gasteiger partial charge in [-0.2, -0.15) is 0 Å². The molecule has 74 valence electrons. The molecule has 0 amide bonds. The predicted molar refractivity (Wildman–Crippen MR) is 50.7 cm³/mol. The van der Waals surface area contributed by atoms with Crippen LogP contribution in [0.15, 0.2) is 18.2 Å². The first-order valence-corrected chi connectivity index (χ1v) is 4.50. The third kappa shape index (κ3) is 1.48. The zero-order chi connectivity index (χ0) is 10.2. The summed E-state index contributed by atoms with van der Waals surface area (Å²) in [5, 5.41) is 0. The Morgan fingerprint density at radius 2 is 2.29 bits per heavy atom. The Hall–Kier alpha value is -1.42. The van der Waals surface area contributed by atoms with E-state index in [1.165, 1.54) is 7.11 Å². The summed E-state index contributed by atoms with van der Waals surface area (Å²) in [6, 6.07) is 5.25. The number of pyridine rings is 1. The number of carbonyl (C=O) groups excluding carboxylic acids is 1. The Bertz CT molecular complexity index is 372. The van der Waals surface area contributed by atoms with Gasteiger partial charge in [0.05, 0.1) is 18.3 Å². The van der Waals surface area contributed by atoms with Crippen molar-refractivity contribution in [1.82, 2.24) is 4.98 Å². The largest absolute Gasteiger partial charge is 0.464 e. The number of hydrogen-bond acceptors (Lipinski definition) is 4. The van der Waals surface area contributed by atoms with E-state index in [9.17, 15) is 4.79 Å². The molecule has 1 heterocycles. The highest BCUT2D eigenvalue weighted by Crippen LogP contribution is 2.41. The van der Waals surface area contributed by atoms with E-state index >= 15 is 0 Å². The summed E-state index contributed by atoms with van der Waals surface area (Å²) in [7, 11) is 1.34. The number of esters is 1. The molecule has 1 aliphatic carbocycles. The van der Waals surface area contributed by atoms with E-state index in [0.29, 0.717) is 5.69 Å². The van der Waals surface area contributed by atoms with Crippen molar-refractivity contribution >= 4 is 5.97 Å². The van der Waals surface area contributed by atoms with Gasteiger partial charge in [-0.1, -0.05) is 6.07 Å². The molecule has 1 aromatic rings. The van der Waals surface area contributed by atoms with Crippen LogP contribution in [0.5, 0.6) is 0 Å². The van der Waals surface area contributed by atoms with Crippen molar-refractivity contribution in [3.05, 3.63) is 29.6 Å². The van der Waals surface area contributed by atoms with Crippen LogP contribution in [0.1, 0.15) is 29.0 Å². The number of carbonyl (C=O) groups is 1. The average molecular weight is 192 g/mol. The molecule has 0 saturated heterocycles. The molecule has 0 aromatic carbocycles. The van der Waals surface area contributed by atoms with E-state index in [1.807, 2.05) is 6.07 Å². The van der Waals surface area contributed by atoms with Crippen molar-refractivity contribution in [3.8, 4) is 0 Å². The number of rotatable bonds is 2. The molecule has 4 heteroatoms. The van der Waals surface area contributed by atoms with E-state index in [-0.39, 0.29) is 5.54 Å². The number of nitrogens with zero attached hydrogens (tertiary/aromatic N) is 1. The van der Waals surface area contributed by atoms with Crippen molar-refractivity contribution in [3.63, 3.8) is 0 Å². The maximum atomic E-state index is 11.2. The molecule has 0 unspecified atom stereocenters. The maximum absolute atomic E-state index is 11.2. The van der Waals surface area contributed by atoms with Gasteiger partial charge in [-0.05, 0) is 25.0 Å². The maximum Gasteiger partial charge on any atom is 0.356 e. The molecule has 0 atom stereocenters. The van der Waals surface area contributed by atoms with Gasteiger partial charge in [-0.15, -0.1) is 0 Å². The highest BCUT2D eigenvalue weighted by molar-refractivity contribution is 5.87.